The number of unbranched alkanes of at least 4 members (excludes halogenated alkanes) is 3. The molecule has 1 aliphatic heterocycles. The number of hydrogen-bond donors (Lipinski definition) is 0. The molecule has 0 aromatic heterocycles. The zero-order valence-electron chi connectivity index (χ0n) is 12.8. The first-order valence-electron chi connectivity index (χ1n) is 6.86. The smallest absolute Gasteiger partial charge is 0.547 e. The van der Waals surface area contributed by atoms with Gasteiger partial charge in [-0.3, -0.25) is 0 Å². The molecule has 7 heteroatoms. The number of benzene rings is 1. The van der Waals surface area contributed by atoms with E-state index in [9.17, 15) is 9.90 Å². The van der Waals surface area contributed by atoms with E-state index in [4.69, 9.17) is 21.1 Å². The molecule has 1 aromatic rings. The van der Waals surface area contributed by atoms with Gasteiger partial charge in [0.05, 0.1) is 19.2 Å². The van der Waals surface area contributed by atoms with Gasteiger partial charge >= 0.3 is 29.6 Å². The molecule has 5 nitrogen and oxygen atoms in total. The Morgan fingerprint density at radius 1 is 1.23 bits per heavy atom. The van der Waals surface area contributed by atoms with Gasteiger partial charge in [0.15, 0.2) is 0 Å². The van der Waals surface area contributed by atoms with Crippen LogP contribution < -0.4 is 39.4 Å². The van der Waals surface area contributed by atoms with E-state index in [0.29, 0.717) is 24.7 Å². The van der Waals surface area contributed by atoms with E-state index in [2.05, 4.69) is 0 Å². The quantitative estimate of drug-likeness (QED) is 0.307. The van der Waals surface area contributed by atoms with Gasteiger partial charge < -0.3 is 24.9 Å². The first-order chi connectivity index (χ1) is 9.62. The first kappa shape index (κ1) is 21.7. The van der Waals surface area contributed by atoms with Gasteiger partial charge in [-0.25, -0.2) is 0 Å². The molecule has 2 N–H and O–H groups in total. The second-order valence-electron chi connectivity index (χ2n) is 5.04. The van der Waals surface area contributed by atoms with Crippen molar-refractivity contribution in [2.45, 2.75) is 37.7 Å². The zero-order chi connectivity index (χ0) is 14.4. The minimum absolute atomic E-state index is 0. The van der Waals surface area contributed by atoms with Gasteiger partial charge in [-0.2, -0.15) is 0 Å². The number of epoxide rings is 1. The third-order valence-electron chi connectivity index (χ3n) is 3.42. The summed E-state index contributed by atoms with van der Waals surface area (Å²) in [6.07, 6.45) is 4.32. The van der Waals surface area contributed by atoms with Crippen molar-refractivity contribution in [3.63, 3.8) is 0 Å². The summed E-state index contributed by atoms with van der Waals surface area (Å²) in [5.74, 6) is -0.264. The molecule has 118 valence electrons. The molecule has 0 aliphatic carbocycles. The number of carboxylic acid groups (broad SMARTS) is 1. The SMILES string of the molecule is O.O=C([O-])[C@@]1(CCCCCCOc2ccc(Cl)cc2)CO1.[Na+]. The average Bonchev–Trinajstić information content (AvgIpc) is 3.21. The molecule has 0 saturated carbocycles. The maximum Gasteiger partial charge on any atom is 1.00 e. The monoisotopic (exact) mass is 338 g/mol. The Labute approximate surface area is 157 Å². The van der Waals surface area contributed by atoms with Crippen LogP contribution >= 0.6 is 11.6 Å². The maximum absolute atomic E-state index is 10.8. The molecule has 1 aliphatic rings. The standard InChI is InChI=1S/C15H19ClO4.Na.H2O/c16-12-5-7-13(8-6-12)19-10-4-2-1-3-9-15(11-20-15)14(17)18;;/h5-8H,1-4,9-11H2,(H,17,18);;1H2/q;+1;/p-1/t15-;;/m1../s1. The fourth-order valence-corrected chi connectivity index (χ4v) is 2.16. The van der Waals surface area contributed by atoms with E-state index < -0.39 is 11.6 Å². The van der Waals surface area contributed by atoms with Crippen molar-refractivity contribution in [2.24, 2.45) is 0 Å². The summed E-state index contributed by atoms with van der Waals surface area (Å²) in [5, 5.41) is 11.5. The number of carboxylic acids is 1. The number of halogens is 1. The van der Waals surface area contributed by atoms with Crippen LogP contribution in [0.4, 0.5) is 0 Å². The van der Waals surface area contributed by atoms with Crippen LogP contribution in [-0.2, 0) is 9.53 Å². The third kappa shape index (κ3) is 6.86. The Kier molecular flexibility index (Phi) is 10.3. The fraction of sp³-hybridized carbons (Fsp3) is 0.533. The normalized spacial score (nSPS) is 18.8. The Hall–Kier alpha value is -0.300. The molecule has 2 rings (SSSR count). The molecular formula is C15H20ClNaO5. The molecule has 1 heterocycles. The Morgan fingerprint density at radius 2 is 1.82 bits per heavy atom. The van der Waals surface area contributed by atoms with Crippen molar-refractivity contribution in [2.75, 3.05) is 13.2 Å². The Balaban J connectivity index is 0.00000220. The summed E-state index contributed by atoms with van der Waals surface area (Å²) >= 11 is 5.78. The van der Waals surface area contributed by atoms with E-state index >= 15 is 0 Å². The van der Waals surface area contributed by atoms with Gasteiger partial charge in [-0.15, -0.1) is 0 Å². The van der Waals surface area contributed by atoms with Crippen LogP contribution in [0.25, 0.3) is 0 Å². The van der Waals surface area contributed by atoms with Crippen LogP contribution in [0.5, 0.6) is 5.75 Å². The minimum Gasteiger partial charge on any atom is -0.547 e. The maximum atomic E-state index is 10.8. The van der Waals surface area contributed by atoms with Crippen LogP contribution in [0.15, 0.2) is 24.3 Å². The summed E-state index contributed by atoms with van der Waals surface area (Å²) in [4.78, 5) is 10.8. The van der Waals surface area contributed by atoms with Gasteiger partial charge in [0.25, 0.3) is 0 Å². The number of hydrogen-bond acceptors (Lipinski definition) is 4. The second-order valence-corrected chi connectivity index (χ2v) is 5.47. The third-order valence-corrected chi connectivity index (χ3v) is 3.67. The number of aliphatic carboxylic acids is 1. The molecule has 1 atom stereocenters. The zero-order valence-corrected chi connectivity index (χ0v) is 15.5. The molecule has 0 amide bonds. The minimum atomic E-state index is -1.08. The van der Waals surface area contributed by atoms with Gasteiger partial charge in [0, 0.05) is 5.02 Å². The van der Waals surface area contributed by atoms with Gasteiger partial charge in [0.1, 0.15) is 11.4 Å². The summed E-state index contributed by atoms with van der Waals surface area (Å²) in [7, 11) is 0. The predicted octanol–water partition coefficient (Wildman–Crippen LogP) is -1.63. The summed E-state index contributed by atoms with van der Waals surface area (Å²) in [6.45, 7) is 0.957. The number of ether oxygens (including phenoxy) is 2. The van der Waals surface area contributed by atoms with E-state index in [1.54, 1.807) is 12.1 Å². The fourth-order valence-electron chi connectivity index (χ4n) is 2.04. The number of rotatable bonds is 9. The number of carbonyl (C=O) groups is 1. The van der Waals surface area contributed by atoms with Gasteiger partial charge in [0.2, 0.25) is 0 Å². The molecule has 0 radical (unpaired) electrons. The predicted molar refractivity (Wildman–Crippen MR) is 77.3 cm³/mol. The van der Waals surface area contributed by atoms with Crippen molar-refractivity contribution < 1.29 is 54.4 Å². The first-order valence-corrected chi connectivity index (χ1v) is 7.24. The summed E-state index contributed by atoms with van der Waals surface area (Å²) in [5.41, 5.74) is -0.972. The van der Waals surface area contributed by atoms with Gasteiger partial charge in [-0.1, -0.05) is 30.9 Å². The molecule has 1 saturated heterocycles. The second kappa shape index (κ2) is 10.5. The van der Waals surface area contributed by atoms with Crippen LogP contribution in [0.3, 0.4) is 0 Å². The molecule has 0 unspecified atom stereocenters. The van der Waals surface area contributed by atoms with Crippen molar-refractivity contribution in [3.05, 3.63) is 29.3 Å². The average molecular weight is 339 g/mol. The van der Waals surface area contributed by atoms with Crippen LogP contribution in [-0.4, -0.2) is 30.3 Å². The Morgan fingerprint density at radius 3 is 2.36 bits per heavy atom. The molecule has 0 spiro atoms. The molecule has 22 heavy (non-hydrogen) atoms. The van der Waals surface area contributed by atoms with Crippen LogP contribution in [0.1, 0.15) is 32.1 Å². The number of carbonyl (C=O) groups excluding carboxylic acids is 1. The molecule has 1 fully saturated rings. The van der Waals surface area contributed by atoms with Crippen LogP contribution in [0, 0.1) is 0 Å². The van der Waals surface area contributed by atoms with Crippen molar-refractivity contribution in [1.82, 2.24) is 0 Å². The Bertz CT molecular complexity index is 448. The summed E-state index contributed by atoms with van der Waals surface area (Å²) in [6, 6.07) is 7.28. The van der Waals surface area contributed by atoms with E-state index in [0.717, 1.165) is 31.4 Å². The van der Waals surface area contributed by atoms with Crippen molar-refractivity contribution >= 4 is 17.6 Å². The van der Waals surface area contributed by atoms with E-state index in [1.165, 1.54) is 0 Å². The van der Waals surface area contributed by atoms with Gasteiger partial charge in [-0.05, 0) is 37.1 Å². The van der Waals surface area contributed by atoms with E-state index in [-0.39, 0.29) is 35.0 Å². The van der Waals surface area contributed by atoms with Crippen molar-refractivity contribution in [1.29, 1.82) is 0 Å². The topological polar surface area (TPSA) is 93.4 Å². The molecular weight excluding hydrogens is 319 g/mol. The van der Waals surface area contributed by atoms with Crippen LogP contribution in [0.2, 0.25) is 5.02 Å². The van der Waals surface area contributed by atoms with E-state index in [1.807, 2.05) is 12.1 Å². The largest absolute Gasteiger partial charge is 1.00 e. The molecule has 1 aromatic carbocycles. The molecule has 0 bridgehead atoms. The summed E-state index contributed by atoms with van der Waals surface area (Å²) < 4.78 is 10.5. The van der Waals surface area contributed by atoms with Crippen molar-refractivity contribution in [3.8, 4) is 5.75 Å².